The summed E-state index contributed by atoms with van der Waals surface area (Å²) in [5, 5.41) is 5.61. The normalized spacial score (nSPS) is 10.8. The van der Waals surface area contributed by atoms with Crippen LogP contribution >= 0.6 is 11.3 Å². The van der Waals surface area contributed by atoms with Gasteiger partial charge in [0.1, 0.15) is 17.9 Å². The van der Waals surface area contributed by atoms with Crippen molar-refractivity contribution in [1.82, 2.24) is 10.2 Å². The second-order valence-corrected chi connectivity index (χ2v) is 9.02. The first-order valence-electron chi connectivity index (χ1n) is 11.0. The topological polar surface area (TPSA) is 115 Å². The van der Waals surface area contributed by atoms with Gasteiger partial charge in [0, 0.05) is 41.0 Å². The zero-order valence-corrected chi connectivity index (χ0v) is 20.0. The Labute approximate surface area is 205 Å². The number of urea groups is 1. The number of nitrogens with zero attached hydrogens (tertiary/aromatic N) is 1. The predicted octanol–water partition coefficient (Wildman–Crippen LogP) is 4.05. The predicted molar refractivity (Wildman–Crippen MR) is 135 cm³/mol. The maximum Gasteiger partial charge on any atom is 0.336 e. The minimum atomic E-state index is -0.527. The molecule has 0 aliphatic carbocycles. The van der Waals surface area contributed by atoms with Crippen LogP contribution in [-0.2, 0) is 13.2 Å². The summed E-state index contributed by atoms with van der Waals surface area (Å²) in [6.07, 6.45) is 0. The van der Waals surface area contributed by atoms with Crippen LogP contribution in [0, 0.1) is 6.92 Å². The van der Waals surface area contributed by atoms with Gasteiger partial charge in [-0.1, -0.05) is 18.2 Å². The Kier molecular flexibility index (Phi) is 7.47. The Balaban J connectivity index is 1.29. The smallest absolute Gasteiger partial charge is 0.336 e. The molecule has 0 saturated heterocycles. The molecule has 9 heteroatoms. The van der Waals surface area contributed by atoms with E-state index in [4.69, 9.17) is 14.9 Å². The summed E-state index contributed by atoms with van der Waals surface area (Å²) >= 11 is 1.55. The molecule has 0 radical (unpaired) electrons. The van der Waals surface area contributed by atoms with Gasteiger partial charge in [0.05, 0.1) is 6.54 Å². The van der Waals surface area contributed by atoms with Gasteiger partial charge >= 0.3 is 11.7 Å². The van der Waals surface area contributed by atoms with E-state index < -0.39 is 11.7 Å². The van der Waals surface area contributed by atoms with Gasteiger partial charge in [0.15, 0.2) is 0 Å². The molecule has 4 rings (SSSR count). The summed E-state index contributed by atoms with van der Waals surface area (Å²) in [7, 11) is 0. The maximum atomic E-state index is 12.5. The van der Waals surface area contributed by atoms with Crippen LogP contribution in [0.4, 0.5) is 4.79 Å². The lowest BCUT2D eigenvalue weighted by atomic mass is 10.1. The van der Waals surface area contributed by atoms with Crippen LogP contribution in [0.5, 0.6) is 5.75 Å². The van der Waals surface area contributed by atoms with Crippen molar-refractivity contribution in [2.75, 3.05) is 13.1 Å². The van der Waals surface area contributed by atoms with Gasteiger partial charge in [-0.15, -0.1) is 11.3 Å². The highest BCUT2D eigenvalue weighted by Gasteiger charge is 2.12. The van der Waals surface area contributed by atoms with Crippen molar-refractivity contribution in [3.05, 3.63) is 98.0 Å². The molecule has 8 nitrogen and oxygen atoms in total. The fourth-order valence-corrected chi connectivity index (χ4v) is 4.30. The molecule has 0 aliphatic heterocycles. The summed E-state index contributed by atoms with van der Waals surface area (Å²) in [5.41, 5.74) is 7.76. The van der Waals surface area contributed by atoms with Crippen molar-refractivity contribution in [3.8, 4) is 5.75 Å². The molecule has 0 aliphatic rings. The number of fused-ring (bicyclic) bond motifs is 1. The molecule has 0 bridgehead atoms. The van der Waals surface area contributed by atoms with E-state index in [1.165, 1.54) is 11.0 Å². The zero-order chi connectivity index (χ0) is 24.8. The van der Waals surface area contributed by atoms with E-state index in [1.54, 1.807) is 29.5 Å². The molecule has 3 amide bonds. The Bertz CT molecular complexity index is 1380. The van der Waals surface area contributed by atoms with Crippen LogP contribution < -0.4 is 21.4 Å². The maximum absolute atomic E-state index is 12.5. The number of benzene rings is 2. The number of primary amides is 1. The van der Waals surface area contributed by atoms with E-state index in [1.807, 2.05) is 48.7 Å². The molecule has 0 saturated carbocycles. The number of hydrogen-bond donors (Lipinski definition) is 2. The largest absolute Gasteiger partial charge is 0.489 e. The molecule has 4 aromatic rings. The van der Waals surface area contributed by atoms with Crippen molar-refractivity contribution >= 4 is 34.2 Å². The van der Waals surface area contributed by atoms with Gasteiger partial charge in [-0.25, -0.2) is 9.59 Å². The highest BCUT2D eigenvalue weighted by molar-refractivity contribution is 7.09. The van der Waals surface area contributed by atoms with E-state index >= 15 is 0 Å². The monoisotopic (exact) mass is 491 g/mol. The average molecular weight is 492 g/mol. The minimum absolute atomic E-state index is 0.238. The molecule has 2 heterocycles. The Morgan fingerprint density at radius 3 is 2.63 bits per heavy atom. The molecular weight excluding hydrogens is 466 g/mol. The Morgan fingerprint density at radius 1 is 1.11 bits per heavy atom. The first-order chi connectivity index (χ1) is 16.9. The summed E-state index contributed by atoms with van der Waals surface area (Å²) in [5.74, 6) is 0.340. The zero-order valence-electron chi connectivity index (χ0n) is 19.2. The van der Waals surface area contributed by atoms with Gasteiger partial charge in [-0.3, -0.25) is 4.79 Å². The second kappa shape index (κ2) is 10.9. The van der Waals surface area contributed by atoms with Gasteiger partial charge < -0.3 is 25.1 Å². The first kappa shape index (κ1) is 24.0. The molecule has 0 fully saturated rings. The van der Waals surface area contributed by atoms with Crippen molar-refractivity contribution < 1.29 is 18.7 Å². The molecular formula is C26H25N3O5S. The third-order valence-corrected chi connectivity index (χ3v) is 6.31. The molecule has 2 aromatic carbocycles. The van der Waals surface area contributed by atoms with Crippen LogP contribution in [0.2, 0.25) is 0 Å². The van der Waals surface area contributed by atoms with E-state index in [-0.39, 0.29) is 12.5 Å². The van der Waals surface area contributed by atoms with Crippen LogP contribution in [0.1, 0.15) is 26.4 Å². The summed E-state index contributed by atoms with van der Waals surface area (Å²) in [6, 6.07) is 17.2. The van der Waals surface area contributed by atoms with E-state index in [0.717, 1.165) is 21.4 Å². The number of rotatable bonds is 9. The van der Waals surface area contributed by atoms with Crippen LogP contribution in [0.3, 0.4) is 0 Å². The van der Waals surface area contributed by atoms with Crippen molar-refractivity contribution in [3.63, 3.8) is 0 Å². The molecule has 0 atom stereocenters. The summed E-state index contributed by atoms with van der Waals surface area (Å²) < 4.78 is 11.1. The van der Waals surface area contributed by atoms with Crippen molar-refractivity contribution in [1.29, 1.82) is 0 Å². The van der Waals surface area contributed by atoms with E-state index in [0.29, 0.717) is 36.6 Å². The van der Waals surface area contributed by atoms with Crippen LogP contribution in [-0.4, -0.2) is 29.9 Å². The SMILES string of the molecule is Cc1cc(=O)oc2cc(OCc3ccc(C(=O)NCCN(Cc4cccs4)C(N)=O)cc3)ccc12. The van der Waals surface area contributed by atoms with Gasteiger partial charge in [0.2, 0.25) is 0 Å². The number of carbonyl (C=O) groups is 2. The van der Waals surface area contributed by atoms with Crippen molar-refractivity contribution in [2.24, 2.45) is 5.73 Å². The van der Waals surface area contributed by atoms with Crippen LogP contribution in [0.25, 0.3) is 11.0 Å². The number of nitrogens with one attached hydrogen (secondary N) is 1. The third-order valence-electron chi connectivity index (χ3n) is 5.45. The summed E-state index contributed by atoms with van der Waals surface area (Å²) in [6.45, 7) is 3.17. The fraction of sp³-hybridized carbons (Fsp3) is 0.192. The minimum Gasteiger partial charge on any atom is -0.489 e. The highest BCUT2D eigenvalue weighted by atomic mass is 32.1. The van der Waals surface area contributed by atoms with Gasteiger partial charge in [-0.2, -0.15) is 0 Å². The molecule has 180 valence electrons. The third kappa shape index (κ3) is 6.27. The van der Waals surface area contributed by atoms with Gasteiger partial charge in [-0.05, 0) is 53.8 Å². The summed E-state index contributed by atoms with van der Waals surface area (Å²) in [4.78, 5) is 38.3. The van der Waals surface area contributed by atoms with Gasteiger partial charge in [0.25, 0.3) is 5.91 Å². The second-order valence-electron chi connectivity index (χ2n) is 7.99. The highest BCUT2D eigenvalue weighted by Crippen LogP contribution is 2.23. The number of amides is 3. The van der Waals surface area contributed by atoms with E-state index in [2.05, 4.69) is 5.32 Å². The molecule has 2 aromatic heterocycles. The van der Waals surface area contributed by atoms with Crippen molar-refractivity contribution in [2.45, 2.75) is 20.1 Å². The lowest BCUT2D eigenvalue weighted by molar-refractivity contribution is 0.0949. The number of nitrogens with two attached hydrogens (primary N) is 1. The number of hydrogen-bond acceptors (Lipinski definition) is 6. The molecule has 35 heavy (non-hydrogen) atoms. The standard InChI is InChI=1S/C26H25N3O5S/c1-17-13-24(30)34-23-14-20(8-9-22(17)23)33-16-18-4-6-19(7-5-18)25(31)28-10-11-29(26(27)32)15-21-3-2-12-35-21/h2-9,12-14H,10-11,15-16H2,1H3,(H2,27,32)(H,28,31). The Hall–Kier alpha value is -4.11. The fourth-order valence-electron chi connectivity index (χ4n) is 3.58. The molecule has 0 unspecified atom stereocenters. The first-order valence-corrected chi connectivity index (χ1v) is 11.9. The lowest BCUT2D eigenvalue weighted by Crippen LogP contribution is -2.40. The molecule has 3 N–H and O–H groups in total. The van der Waals surface area contributed by atoms with E-state index in [9.17, 15) is 14.4 Å². The lowest BCUT2D eigenvalue weighted by Gasteiger charge is -2.19. The Morgan fingerprint density at radius 2 is 1.91 bits per heavy atom. The number of aryl methyl sites for hydroxylation is 1. The number of thiophene rings is 1. The quantitative estimate of drug-likeness (QED) is 0.343. The molecule has 0 spiro atoms. The average Bonchev–Trinajstić information content (AvgIpc) is 3.35. The number of carbonyl (C=O) groups excluding carboxylic acids is 2. The number of ether oxygens (including phenoxy) is 1. The van der Waals surface area contributed by atoms with Crippen LogP contribution in [0.15, 0.2) is 75.3 Å².